The second-order valence-electron chi connectivity index (χ2n) is 8.34. The number of carbonyl (C=O) groups is 4. The number of hydrogen-bond donors (Lipinski definition) is 2. The summed E-state index contributed by atoms with van der Waals surface area (Å²) >= 11 is 0. The number of methoxy groups -OCH3 is 1. The van der Waals surface area contributed by atoms with Crippen LogP contribution in [0.3, 0.4) is 0 Å². The molecule has 42 heavy (non-hydrogen) atoms. The van der Waals surface area contributed by atoms with Crippen LogP contribution >= 0.6 is 0 Å². The van der Waals surface area contributed by atoms with Gasteiger partial charge >= 0.3 is 30.3 Å². The highest BCUT2D eigenvalue weighted by Gasteiger charge is 2.42. The molecule has 0 unspecified atom stereocenters. The zero-order chi connectivity index (χ0) is 31.2. The molecule has 0 fully saturated rings. The molecule has 3 rings (SSSR count). The molecule has 0 saturated heterocycles. The Morgan fingerprint density at radius 2 is 1.19 bits per heavy atom. The number of benzene rings is 3. The molecule has 0 aliphatic rings. The van der Waals surface area contributed by atoms with Crippen molar-refractivity contribution < 1.29 is 64.8 Å². The molecule has 0 bridgehead atoms. The zero-order valence-corrected chi connectivity index (χ0v) is 21.2. The van der Waals surface area contributed by atoms with Crippen LogP contribution in [-0.4, -0.2) is 48.2 Å². The van der Waals surface area contributed by atoms with E-state index in [0.29, 0.717) is 24.3 Å². The van der Waals surface area contributed by atoms with Crippen molar-refractivity contribution in [2.75, 3.05) is 12.4 Å². The Morgan fingerprint density at radius 1 is 0.714 bits per heavy atom. The van der Waals surface area contributed by atoms with Crippen LogP contribution < -0.4 is 10.1 Å². The van der Waals surface area contributed by atoms with Crippen molar-refractivity contribution in [1.82, 2.24) is 0 Å². The van der Waals surface area contributed by atoms with Gasteiger partial charge in [-0.2, -0.15) is 26.3 Å². The summed E-state index contributed by atoms with van der Waals surface area (Å²) in [5, 5.41) is 12.0. The van der Waals surface area contributed by atoms with Gasteiger partial charge in [-0.1, -0.05) is 24.3 Å². The van der Waals surface area contributed by atoms with E-state index in [-0.39, 0.29) is 11.4 Å². The smallest absolute Gasteiger partial charge is 0.416 e. The number of halogens is 6. The number of alkyl halides is 6. The van der Waals surface area contributed by atoms with Crippen molar-refractivity contribution in [3.8, 4) is 5.75 Å². The van der Waals surface area contributed by atoms with E-state index in [1.165, 1.54) is 31.4 Å². The van der Waals surface area contributed by atoms with Gasteiger partial charge in [0.05, 0.1) is 35.1 Å². The van der Waals surface area contributed by atoms with Crippen molar-refractivity contribution in [2.45, 2.75) is 24.6 Å². The highest BCUT2D eigenvalue weighted by molar-refractivity contribution is 6.02. The quantitative estimate of drug-likeness (QED) is 0.254. The summed E-state index contributed by atoms with van der Waals surface area (Å²) in [6.07, 6.45) is -15.0. The monoisotopic (exact) mass is 599 g/mol. The molecule has 0 radical (unpaired) electrons. The Balaban J connectivity index is 1.99. The molecule has 0 heterocycles. The molecule has 0 spiro atoms. The van der Waals surface area contributed by atoms with Crippen molar-refractivity contribution in [2.24, 2.45) is 0 Å². The fourth-order valence-electron chi connectivity index (χ4n) is 3.46. The van der Waals surface area contributed by atoms with Gasteiger partial charge in [-0.3, -0.25) is 4.79 Å². The minimum Gasteiger partial charge on any atom is -0.495 e. The standard InChI is InChI=1S/C27H19F6NO8/c1-40-19-11-3-2-10-18(19)34-22(35)20(41-24(38)14-6-4-8-16(12-14)26(28,29)30)21(23(36)37)42-25(39)15-7-5-9-17(13-15)27(31,32)33/h2-13,20-21H,1H3,(H,34,35)(H,36,37)/t20-,21+/m1/s1. The number of amides is 1. The summed E-state index contributed by atoms with van der Waals surface area (Å²) < 4.78 is 93.5. The predicted octanol–water partition coefficient (Wildman–Crippen LogP) is 5.21. The lowest BCUT2D eigenvalue weighted by atomic mass is 10.1. The van der Waals surface area contributed by atoms with Gasteiger partial charge in [0.15, 0.2) is 0 Å². The minimum atomic E-state index is -4.87. The number of ether oxygens (including phenoxy) is 3. The van der Waals surface area contributed by atoms with Crippen LogP contribution in [0.4, 0.5) is 32.0 Å². The fourth-order valence-corrected chi connectivity index (χ4v) is 3.46. The number of para-hydroxylation sites is 2. The third-order valence-electron chi connectivity index (χ3n) is 5.46. The van der Waals surface area contributed by atoms with Crippen molar-refractivity contribution in [1.29, 1.82) is 0 Å². The number of carbonyl (C=O) groups excluding carboxylic acids is 3. The third kappa shape index (κ3) is 7.77. The van der Waals surface area contributed by atoms with Gasteiger partial charge < -0.3 is 24.6 Å². The molecule has 1 amide bonds. The van der Waals surface area contributed by atoms with E-state index in [4.69, 9.17) is 14.2 Å². The number of rotatable bonds is 9. The maximum atomic E-state index is 13.2. The number of anilines is 1. The Morgan fingerprint density at radius 3 is 1.64 bits per heavy atom. The molecule has 2 atom stereocenters. The van der Waals surface area contributed by atoms with Gasteiger partial charge in [0.1, 0.15) is 5.75 Å². The molecule has 222 valence electrons. The van der Waals surface area contributed by atoms with E-state index in [2.05, 4.69) is 5.32 Å². The summed E-state index contributed by atoms with van der Waals surface area (Å²) in [4.78, 5) is 50.8. The third-order valence-corrected chi connectivity index (χ3v) is 5.46. The number of hydrogen-bond acceptors (Lipinski definition) is 7. The number of carboxylic acid groups (broad SMARTS) is 1. The fraction of sp³-hybridized carbons (Fsp3) is 0.185. The number of aliphatic carboxylic acids is 1. The summed E-state index contributed by atoms with van der Waals surface area (Å²) in [5.74, 6) is -6.69. The van der Waals surface area contributed by atoms with Crippen molar-refractivity contribution in [3.63, 3.8) is 0 Å². The van der Waals surface area contributed by atoms with Crippen LogP contribution in [0.2, 0.25) is 0 Å². The summed E-state index contributed by atoms with van der Waals surface area (Å²) in [6, 6.07) is 11.1. The van der Waals surface area contributed by atoms with Crippen LogP contribution in [0.5, 0.6) is 5.75 Å². The van der Waals surface area contributed by atoms with E-state index < -0.39 is 70.6 Å². The van der Waals surface area contributed by atoms with E-state index in [9.17, 15) is 50.6 Å². The molecular weight excluding hydrogens is 580 g/mol. The topological polar surface area (TPSA) is 128 Å². The average Bonchev–Trinajstić information content (AvgIpc) is 2.94. The predicted molar refractivity (Wildman–Crippen MR) is 131 cm³/mol. The second kappa shape index (κ2) is 12.6. The van der Waals surface area contributed by atoms with Crippen LogP contribution in [0, 0.1) is 0 Å². The molecular formula is C27H19F6NO8. The molecule has 0 aromatic heterocycles. The van der Waals surface area contributed by atoms with E-state index >= 15 is 0 Å². The molecule has 0 aliphatic carbocycles. The maximum absolute atomic E-state index is 13.2. The summed E-state index contributed by atoms with van der Waals surface area (Å²) in [5.41, 5.74) is -4.11. The summed E-state index contributed by atoms with van der Waals surface area (Å²) in [6.45, 7) is 0. The van der Waals surface area contributed by atoms with Crippen LogP contribution in [-0.2, 0) is 31.4 Å². The summed E-state index contributed by atoms with van der Waals surface area (Å²) in [7, 11) is 1.23. The molecule has 2 N–H and O–H groups in total. The van der Waals surface area contributed by atoms with Crippen LogP contribution in [0.1, 0.15) is 31.8 Å². The van der Waals surface area contributed by atoms with E-state index in [1.54, 1.807) is 0 Å². The molecule has 9 nitrogen and oxygen atoms in total. The molecule has 3 aromatic carbocycles. The zero-order valence-electron chi connectivity index (χ0n) is 21.2. The van der Waals surface area contributed by atoms with Crippen LogP contribution in [0.25, 0.3) is 0 Å². The van der Waals surface area contributed by atoms with Gasteiger partial charge in [0, 0.05) is 0 Å². The van der Waals surface area contributed by atoms with E-state index in [1.807, 2.05) is 0 Å². The Labute approximate surface area is 232 Å². The first-order valence-corrected chi connectivity index (χ1v) is 11.5. The largest absolute Gasteiger partial charge is 0.495 e. The van der Waals surface area contributed by atoms with Gasteiger partial charge in [0.2, 0.25) is 12.2 Å². The number of esters is 2. The molecule has 15 heteroatoms. The number of carboxylic acids is 1. The second-order valence-corrected chi connectivity index (χ2v) is 8.34. The Kier molecular flexibility index (Phi) is 9.45. The maximum Gasteiger partial charge on any atom is 0.416 e. The lowest BCUT2D eigenvalue weighted by Gasteiger charge is -2.24. The number of nitrogens with one attached hydrogen (secondary N) is 1. The van der Waals surface area contributed by atoms with Gasteiger partial charge in [-0.25, -0.2) is 14.4 Å². The van der Waals surface area contributed by atoms with Crippen LogP contribution in [0.15, 0.2) is 72.8 Å². The van der Waals surface area contributed by atoms with Crippen molar-refractivity contribution in [3.05, 3.63) is 95.1 Å². The van der Waals surface area contributed by atoms with Gasteiger partial charge in [0.25, 0.3) is 5.91 Å². The SMILES string of the molecule is COc1ccccc1NC(=O)[C@H](OC(=O)c1cccc(C(F)(F)F)c1)[C@H](OC(=O)c1cccc(C(F)(F)F)c1)C(=O)O. The first kappa shape index (κ1) is 31.4. The highest BCUT2D eigenvalue weighted by atomic mass is 19.4. The van der Waals surface area contributed by atoms with E-state index in [0.717, 1.165) is 24.3 Å². The Bertz CT molecular complexity index is 1490. The lowest BCUT2D eigenvalue weighted by molar-refractivity contribution is -0.157. The molecule has 0 aliphatic heterocycles. The van der Waals surface area contributed by atoms with Gasteiger partial charge in [-0.05, 0) is 48.5 Å². The average molecular weight is 599 g/mol. The first-order valence-electron chi connectivity index (χ1n) is 11.5. The highest BCUT2D eigenvalue weighted by Crippen LogP contribution is 2.31. The normalized spacial score (nSPS) is 12.9. The first-order chi connectivity index (χ1) is 19.6. The molecule has 0 saturated carbocycles. The minimum absolute atomic E-state index is 0.0571. The lowest BCUT2D eigenvalue weighted by Crippen LogP contribution is -2.48. The Hall–Kier alpha value is -5.08. The van der Waals surface area contributed by atoms with Crippen molar-refractivity contribution >= 4 is 29.5 Å². The van der Waals surface area contributed by atoms with Gasteiger partial charge in [-0.15, -0.1) is 0 Å². The molecule has 3 aromatic rings.